The SMILES string of the molecule is CC(C)(C)OC(=O)NC1CN(c2cc(N3CCCC3)nc(Cl)n2)C1. The first-order chi connectivity index (χ1) is 11.3. The predicted octanol–water partition coefficient (Wildman–Crippen LogP) is 2.44. The molecule has 1 N–H and O–H groups in total. The first-order valence-electron chi connectivity index (χ1n) is 8.34. The minimum Gasteiger partial charge on any atom is -0.444 e. The molecular weight excluding hydrogens is 330 g/mol. The van der Waals surface area contributed by atoms with Crippen LogP contribution in [-0.2, 0) is 4.74 Å². The van der Waals surface area contributed by atoms with E-state index in [2.05, 4.69) is 25.1 Å². The molecule has 1 aromatic heterocycles. The Morgan fingerprint density at radius 3 is 2.38 bits per heavy atom. The van der Waals surface area contributed by atoms with Crippen LogP contribution >= 0.6 is 11.6 Å². The average molecular weight is 354 g/mol. The maximum absolute atomic E-state index is 11.8. The lowest BCUT2D eigenvalue weighted by molar-refractivity contribution is 0.0496. The summed E-state index contributed by atoms with van der Waals surface area (Å²) in [5, 5.41) is 3.13. The summed E-state index contributed by atoms with van der Waals surface area (Å²) in [7, 11) is 0. The van der Waals surface area contributed by atoms with Crippen LogP contribution in [0.4, 0.5) is 16.4 Å². The number of alkyl carbamates (subject to hydrolysis) is 1. The van der Waals surface area contributed by atoms with E-state index in [9.17, 15) is 4.79 Å². The van der Waals surface area contributed by atoms with Crippen molar-refractivity contribution >= 4 is 29.3 Å². The van der Waals surface area contributed by atoms with Crippen LogP contribution in [0.5, 0.6) is 0 Å². The summed E-state index contributed by atoms with van der Waals surface area (Å²) in [6, 6.07) is 2.03. The summed E-state index contributed by atoms with van der Waals surface area (Å²) in [6.45, 7) is 8.94. The minimum atomic E-state index is -0.488. The zero-order chi connectivity index (χ0) is 17.3. The highest BCUT2D eigenvalue weighted by Crippen LogP contribution is 2.26. The van der Waals surface area contributed by atoms with Crippen molar-refractivity contribution in [2.24, 2.45) is 0 Å². The maximum Gasteiger partial charge on any atom is 0.407 e. The van der Waals surface area contributed by atoms with E-state index >= 15 is 0 Å². The van der Waals surface area contributed by atoms with Crippen LogP contribution < -0.4 is 15.1 Å². The highest BCUT2D eigenvalue weighted by Gasteiger charge is 2.31. The lowest BCUT2D eigenvalue weighted by Crippen LogP contribution is -2.60. The summed E-state index contributed by atoms with van der Waals surface area (Å²) in [5.41, 5.74) is -0.488. The van der Waals surface area contributed by atoms with Gasteiger partial charge in [0.1, 0.15) is 17.2 Å². The molecule has 0 bridgehead atoms. The molecule has 7 nitrogen and oxygen atoms in total. The molecule has 2 fully saturated rings. The highest BCUT2D eigenvalue weighted by molar-refractivity contribution is 6.28. The van der Waals surface area contributed by atoms with Crippen molar-refractivity contribution in [3.05, 3.63) is 11.3 Å². The van der Waals surface area contributed by atoms with Crippen LogP contribution in [0.25, 0.3) is 0 Å². The largest absolute Gasteiger partial charge is 0.444 e. The molecule has 3 heterocycles. The number of ether oxygens (including phenoxy) is 1. The molecule has 0 saturated carbocycles. The van der Waals surface area contributed by atoms with E-state index in [-0.39, 0.29) is 17.4 Å². The predicted molar refractivity (Wildman–Crippen MR) is 93.9 cm³/mol. The molecule has 3 rings (SSSR count). The zero-order valence-corrected chi connectivity index (χ0v) is 15.1. The first-order valence-corrected chi connectivity index (χ1v) is 8.72. The zero-order valence-electron chi connectivity index (χ0n) is 14.4. The van der Waals surface area contributed by atoms with E-state index in [0.717, 1.165) is 24.7 Å². The topological polar surface area (TPSA) is 70.6 Å². The molecule has 0 aromatic carbocycles. The Hall–Kier alpha value is -1.76. The van der Waals surface area contributed by atoms with Crippen LogP contribution in [0.2, 0.25) is 5.28 Å². The van der Waals surface area contributed by atoms with Gasteiger partial charge >= 0.3 is 6.09 Å². The minimum absolute atomic E-state index is 0.0591. The monoisotopic (exact) mass is 353 g/mol. The normalized spacial score (nSPS) is 18.5. The number of nitrogens with one attached hydrogen (secondary N) is 1. The van der Waals surface area contributed by atoms with Crippen LogP contribution in [0, 0.1) is 0 Å². The van der Waals surface area contributed by atoms with Crippen molar-refractivity contribution < 1.29 is 9.53 Å². The molecule has 2 saturated heterocycles. The number of carbonyl (C=O) groups is 1. The van der Waals surface area contributed by atoms with Crippen molar-refractivity contribution in [3.63, 3.8) is 0 Å². The lowest BCUT2D eigenvalue weighted by Gasteiger charge is -2.40. The maximum atomic E-state index is 11.8. The number of anilines is 2. The third-order valence-electron chi connectivity index (χ3n) is 4.03. The van der Waals surface area contributed by atoms with Gasteiger partial charge in [-0.1, -0.05) is 0 Å². The molecule has 0 aliphatic carbocycles. The molecule has 0 radical (unpaired) electrons. The second kappa shape index (κ2) is 6.63. The van der Waals surface area contributed by atoms with E-state index in [0.29, 0.717) is 13.1 Å². The fraction of sp³-hybridized carbons (Fsp3) is 0.688. The average Bonchev–Trinajstić information content (AvgIpc) is 2.93. The smallest absolute Gasteiger partial charge is 0.407 e. The van der Waals surface area contributed by atoms with Crippen LogP contribution in [-0.4, -0.2) is 53.9 Å². The quantitative estimate of drug-likeness (QED) is 0.842. The molecule has 0 unspecified atom stereocenters. The van der Waals surface area contributed by atoms with E-state index in [1.165, 1.54) is 12.8 Å². The van der Waals surface area contributed by atoms with Gasteiger partial charge in [0.15, 0.2) is 0 Å². The standard InChI is InChI=1S/C16H24ClN5O2/c1-16(2,3)24-15(23)18-11-9-22(10-11)13-8-12(19-14(17)20-13)21-6-4-5-7-21/h8,11H,4-7,9-10H2,1-3H3,(H,18,23). The molecule has 0 spiro atoms. The molecule has 2 aliphatic rings. The van der Waals surface area contributed by atoms with Crippen molar-refractivity contribution in [1.82, 2.24) is 15.3 Å². The Morgan fingerprint density at radius 2 is 1.79 bits per heavy atom. The molecule has 0 atom stereocenters. The van der Waals surface area contributed by atoms with E-state index in [1.54, 1.807) is 0 Å². The third kappa shape index (κ3) is 4.20. The van der Waals surface area contributed by atoms with Crippen molar-refractivity contribution in [2.75, 3.05) is 36.0 Å². The third-order valence-corrected chi connectivity index (χ3v) is 4.20. The Balaban J connectivity index is 1.56. The Morgan fingerprint density at radius 1 is 1.21 bits per heavy atom. The van der Waals surface area contributed by atoms with Gasteiger partial charge in [0, 0.05) is 32.2 Å². The number of amides is 1. The number of nitrogens with zero attached hydrogens (tertiary/aromatic N) is 4. The summed E-state index contributed by atoms with van der Waals surface area (Å²) in [6.07, 6.45) is 1.98. The van der Waals surface area contributed by atoms with E-state index in [4.69, 9.17) is 16.3 Å². The Kier molecular flexibility index (Phi) is 4.71. The summed E-state index contributed by atoms with van der Waals surface area (Å²) in [4.78, 5) is 24.7. The number of aromatic nitrogens is 2. The summed E-state index contributed by atoms with van der Waals surface area (Å²) < 4.78 is 5.27. The number of hydrogen-bond acceptors (Lipinski definition) is 6. The van der Waals surface area contributed by atoms with Crippen molar-refractivity contribution in [1.29, 1.82) is 0 Å². The molecule has 2 aliphatic heterocycles. The first kappa shape index (κ1) is 17.1. The number of halogens is 1. The molecular formula is C16H24ClN5O2. The molecule has 1 amide bonds. The summed E-state index contributed by atoms with van der Waals surface area (Å²) in [5.74, 6) is 1.69. The van der Waals surface area contributed by atoms with Crippen LogP contribution in [0.1, 0.15) is 33.6 Å². The number of rotatable bonds is 3. The van der Waals surface area contributed by atoms with Gasteiger partial charge in [-0.05, 0) is 45.2 Å². The van der Waals surface area contributed by atoms with Gasteiger partial charge in [-0.2, -0.15) is 0 Å². The number of carbonyl (C=O) groups excluding carboxylic acids is 1. The Bertz CT molecular complexity index is 607. The van der Waals surface area contributed by atoms with Gasteiger partial charge < -0.3 is 19.9 Å². The van der Waals surface area contributed by atoms with Crippen molar-refractivity contribution in [3.8, 4) is 0 Å². The van der Waals surface area contributed by atoms with Crippen LogP contribution in [0.15, 0.2) is 6.07 Å². The van der Waals surface area contributed by atoms with Crippen LogP contribution in [0.3, 0.4) is 0 Å². The second-order valence-corrected chi connectivity index (χ2v) is 7.63. The van der Waals surface area contributed by atoms with Gasteiger partial charge in [-0.15, -0.1) is 0 Å². The van der Waals surface area contributed by atoms with Gasteiger partial charge in [0.05, 0.1) is 6.04 Å². The molecule has 1 aromatic rings. The van der Waals surface area contributed by atoms with E-state index in [1.807, 2.05) is 26.8 Å². The summed E-state index contributed by atoms with van der Waals surface area (Å²) >= 11 is 6.08. The van der Waals surface area contributed by atoms with Gasteiger partial charge in [-0.3, -0.25) is 0 Å². The van der Waals surface area contributed by atoms with Gasteiger partial charge in [0.25, 0.3) is 0 Å². The van der Waals surface area contributed by atoms with Gasteiger partial charge in [0.2, 0.25) is 5.28 Å². The Labute approximate surface area is 147 Å². The number of hydrogen-bond donors (Lipinski definition) is 1. The fourth-order valence-corrected chi connectivity index (χ4v) is 3.07. The second-order valence-electron chi connectivity index (χ2n) is 7.30. The van der Waals surface area contributed by atoms with Gasteiger partial charge in [-0.25, -0.2) is 14.8 Å². The molecule has 24 heavy (non-hydrogen) atoms. The van der Waals surface area contributed by atoms with E-state index < -0.39 is 5.60 Å². The fourth-order valence-electron chi connectivity index (χ4n) is 2.90. The highest BCUT2D eigenvalue weighted by atomic mass is 35.5. The lowest BCUT2D eigenvalue weighted by atomic mass is 10.1. The molecule has 8 heteroatoms. The molecule has 132 valence electrons. The van der Waals surface area contributed by atoms with Crippen molar-refractivity contribution in [2.45, 2.75) is 45.3 Å².